The molecule has 1 amide bonds. The highest BCUT2D eigenvalue weighted by Gasteiger charge is 2.31. The number of rotatable bonds is 5. The predicted octanol–water partition coefficient (Wildman–Crippen LogP) is 3.46. The van der Waals surface area contributed by atoms with Crippen LogP contribution >= 0.6 is 0 Å². The number of amides is 1. The second-order valence-electron chi connectivity index (χ2n) is 7.84. The number of methoxy groups -OCH3 is 1. The van der Waals surface area contributed by atoms with E-state index >= 15 is 0 Å². The molecular weight excluding hydrogens is 350 g/mol. The number of likely N-dealkylation sites (tertiary alicyclic amines) is 1. The van der Waals surface area contributed by atoms with E-state index in [1.165, 1.54) is 11.1 Å². The van der Waals surface area contributed by atoms with Crippen molar-refractivity contribution in [2.75, 3.05) is 20.2 Å². The number of hydrogen-bond acceptors (Lipinski definition) is 3. The van der Waals surface area contributed by atoms with Gasteiger partial charge in [0.05, 0.1) is 11.8 Å². The Balaban J connectivity index is 1.69. The SMILES string of the molecule is CO[C@@H]1CCN(C(=O)/C=C/c2c(C)nn(C)c2C)C[C@H]1Cc1ccc(C)cc1. The quantitative estimate of drug-likeness (QED) is 0.745. The first-order valence-corrected chi connectivity index (χ1v) is 9.94. The van der Waals surface area contributed by atoms with E-state index < -0.39 is 0 Å². The van der Waals surface area contributed by atoms with Crippen molar-refractivity contribution >= 4 is 12.0 Å². The van der Waals surface area contributed by atoms with Gasteiger partial charge < -0.3 is 9.64 Å². The van der Waals surface area contributed by atoms with Crippen molar-refractivity contribution in [1.82, 2.24) is 14.7 Å². The van der Waals surface area contributed by atoms with Gasteiger partial charge in [-0.05, 0) is 45.3 Å². The van der Waals surface area contributed by atoms with Crippen LogP contribution in [0.1, 0.15) is 34.5 Å². The molecule has 0 saturated carbocycles. The van der Waals surface area contributed by atoms with Gasteiger partial charge in [-0.15, -0.1) is 0 Å². The zero-order valence-electron chi connectivity index (χ0n) is 17.6. The second-order valence-corrected chi connectivity index (χ2v) is 7.84. The lowest BCUT2D eigenvalue weighted by Crippen LogP contribution is -2.46. The molecule has 1 fully saturated rings. The minimum Gasteiger partial charge on any atom is -0.381 e. The minimum atomic E-state index is 0.0612. The molecule has 0 N–H and O–H groups in total. The number of nitrogens with zero attached hydrogens (tertiary/aromatic N) is 3. The summed E-state index contributed by atoms with van der Waals surface area (Å²) in [5, 5.41) is 4.41. The number of aryl methyl sites for hydroxylation is 3. The third kappa shape index (κ3) is 4.53. The molecule has 5 heteroatoms. The fourth-order valence-corrected chi connectivity index (χ4v) is 4.04. The van der Waals surface area contributed by atoms with Crippen LogP contribution in [-0.4, -0.2) is 46.9 Å². The van der Waals surface area contributed by atoms with Gasteiger partial charge in [0, 0.05) is 50.5 Å². The molecule has 2 atom stereocenters. The first-order valence-electron chi connectivity index (χ1n) is 9.94. The van der Waals surface area contributed by atoms with Gasteiger partial charge >= 0.3 is 0 Å². The second kappa shape index (κ2) is 8.74. The number of hydrogen-bond donors (Lipinski definition) is 0. The smallest absolute Gasteiger partial charge is 0.246 e. The monoisotopic (exact) mass is 381 g/mol. The van der Waals surface area contributed by atoms with Crippen LogP contribution in [0.3, 0.4) is 0 Å². The van der Waals surface area contributed by atoms with Gasteiger partial charge in [0.15, 0.2) is 0 Å². The number of benzene rings is 1. The van der Waals surface area contributed by atoms with Gasteiger partial charge in [-0.3, -0.25) is 9.48 Å². The van der Waals surface area contributed by atoms with Gasteiger partial charge in [-0.2, -0.15) is 5.10 Å². The highest BCUT2D eigenvalue weighted by molar-refractivity contribution is 5.92. The molecule has 0 aliphatic carbocycles. The zero-order chi connectivity index (χ0) is 20.3. The van der Waals surface area contributed by atoms with E-state index in [2.05, 4.69) is 36.3 Å². The van der Waals surface area contributed by atoms with Crippen LogP contribution in [-0.2, 0) is 23.0 Å². The Labute approximate surface area is 168 Å². The molecule has 0 spiro atoms. The molecule has 0 radical (unpaired) electrons. The third-order valence-electron chi connectivity index (χ3n) is 5.85. The summed E-state index contributed by atoms with van der Waals surface area (Å²) in [6.07, 6.45) is 5.58. The van der Waals surface area contributed by atoms with Crippen LogP contribution in [0.5, 0.6) is 0 Å². The van der Waals surface area contributed by atoms with Crippen LogP contribution in [0.4, 0.5) is 0 Å². The Bertz CT molecular complexity index is 851. The predicted molar refractivity (Wildman–Crippen MR) is 112 cm³/mol. The Morgan fingerprint density at radius 2 is 1.96 bits per heavy atom. The lowest BCUT2D eigenvalue weighted by molar-refractivity contribution is -0.130. The fourth-order valence-electron chi connectivity index (χ4n) is 4.04. The van der Waals surface area contributed by atoms with E-state index in [9.17, 15) is 4.79 Å². The number of aromatic nitrogens is 2. The van der Waals surface area contributed by atoms with E-state index in [-0.39, 0.29) is 12.0 Å². The maximum atomic E-state index is 12.8. The van der Waals surface area contributed by atoms with E-state index in [4.69, 9.17) is 4.74 Å². The van der Waals surface area contributed by atoms with E-state index in [0.717, 1.165) is 42.9 Å². The summed E-state index contributed by atoms with van der Waals surface area (Å²) in [5.74, 6) is 0.367. The molecular formula is C23H31N3O2. The average Bonchev–Trinajstić information content (AvgIpc) is 2.93. The van der Waals surface area contributed by atoms with Crippen molar-refractivity contribution in [2.45, 2.75) is 39.7 Å². The van der Waals surface area contributed by atoms with Crippen molar-refractivity contribution < 1.29 is 9.53 Å². The van der Waals surface area contributed by atoms with Gasteiger partial charge in [0.25, 0.3) is 0 Å². The van der Waals surface area contributed by atoms with Crippen LogP contribution < -0.4 is 0 Å². The standard InChI is InChI=1S/C23H31N3O2/c1-16-6-8-19(9-7-16)14-20-15-26(13-12-22(20)28-5)23(27)11-10-21-17(2)24-25(4)18(21)3/h6-11,20,22H,12-15H2,1-5H3/b11-10+/t20-,22-/m1/s1. The number of carbonyl (C=O) groups excluding carboxylic acids is 1. The van der Waals surface area contributed by atoms with Crippen molar-refractivity contribution in [3.63, 3.8) is 0 Å². The van der Waals surface area contributed by atoms with Crippen molar-refractivity contribution in [3.8, 4) is 0 Å². The normalized spacial score (nSPS) is 20.1. The summed E-state index contributed by atoms with van der Waals surface area (Å²) in [6.45, 7) is 7.54. The molecule has 5 nitrogen and oxygen atoms in total. The largest absolute Gasteiger partial charge is 0.381 e. The molecule has 0 unspecified atom stereocenters. The molecule has 0 bridgehead atoms. The molecule has 28 heavy (non-hydrogen) atoms. The molecule has 1 saturated heterocycles. The van der Waals surface area contributed by atoms with Crippen molar-refractivity contribution in [1.29, 1.82) is 0 Å². The molecule has 1 aromatic heterocycles. The minimum absolute atomic E-state index is 0.0612. The number of carbonyl (C=O) groups is 1. The molecule has 3 rings (SSSR count). The van der Waals surface area contributed by atoms with Crippen LogP contribution in [0, 0.1) is 26.7 Å². The van der Waals surface area contributed by atoms with Gasteiger partial charge in [-0.25, -0.2) is 0 Å². The summed E-state index contributed by atoms with van der Waals surface area (Å²) >= 11 is 0. The maximum absolute atomic E-state index is 12.8. The van der Waals surface area contributed by atoms with Crippen LogP contribution in [0.15, 0.2) is 30.3 Å². The number of piperidine rings is 1. The Kier molecular flexibility index (Phi) is 6.35. The molecule has 1 aliphatic rings. The first-order chi connectivity index (χ1) is 13.4. The highest BCUT2D eigenvalue weighted by Crippen LogP contribution is 2.24. The van der Waals surface area contributed by atoms with Gasteiger partial charge in [-0.1, -0.05) is 29.8 Å². The molecule has 2 aromatic rings. The Morgan fingerprint density at radius 1 is 1.25 bits per heavy atom. The van der Waals surface area contributed by atoms with Crippen LogP contribution in [0.25, 0.3) is 6.08 Å². The summed E-state index contributed by atoms with van der Waals surface area (Å²) in [4.78, 5) is 14.8. The molecule has 150 valence electrons. The Hall–Kier alpha value is -2.40. The Morgan fingerprint density at radius 3 is 2.57 bits per heavy atom. The molecule has 1 aromatic carbocycles. The van der Waals surface area contributed by atoms with Crippen LogP contribution in [0.2, 0.25) is 0 Å². The van der Waals surface area contributed by atoms with Gasteiger partial charge in [0.2, 0.25) is 5.91 Å². The first kappa shape index (κ1) is 20.3. The summed E-state index contributed by atoms with van der Waals surface area (Å²) in [6, 6.07) is 8.64. The average molecular weight is 382 g/mol. The molecule has 1 aliphatic heterocycles. The van der Waals surface area contributed by atoms with Crippen molar-refractivity contribution in [2.24, 2.45) is 13.0 Å². The lowest BCUT2D eigenvalue weighted by atomic mass is 9.88. The topological polar surface area (TPSA) is 47.4 Å². The van der Waals surface area contributed by atoms with E-state index in [1.807, 2.05) is 36.6 Å². The molecule has 2 heterocycles. The van der Waals surface area contributed by atoms with E-state index in [1.54, 1.807) is 13.2 Å². The summed E-state index contributed by atoms with van der Waals surface area (Å²) in [7, 11) is 3.70. The zero-order valence-corrected chi connectivity index (χ0v) is 17.6. The fraction of sp³-hybridized carbons (Fsp3) is 0.478. The number of ether oxygens (including phenoxy) is 1. The maximum Gasteiger partial charge on any atom is 0.246 e. The van der Waals surface area contributed by atoms with E-state index in [0.29, 0.717) is 5.92 Å². The summed E-state index contributed by atoms with van der Waals surface area (Å²) in [5.41, 5.74) is 5.60. The summed E-state index contributed by atoms with van der Waals surface area (Å²) < 4.78 is 7.57. The van der Waals surface area contributed by atoms with Crippen molar-refractivity contribution in [3.05, 3.63) is 58.4 Å². The van der Waals surface area contributed by atoms with Gasteiger partial charge in [0.1, 0.15) is 0 Å². The third-order valence-corrected chi connectivity index (χ3v) is 5.85. The highest BCUT2D eigenvalue weighted by atomic mass is 16.5. The lowest BCUT2D eigenvalue weighted by Gasteiger charge is -2.37.